The summed E-state index contributed by atoms with van der Waals surface area (Å²) in [5.41, 5.74) is 2.43. The third-order valence-electron chi connectivity index (χ3n) is 4.46. The highest BCUT2D eigenvalue weighted by molar-refractivity contribution is 5.85. The van der Waals surface area contributed by atoms with Crippen LogP contribution in [0.3, 0.4) is 0 Å². The molecule has 0 aliphatic carbocycles. The van der Waals surface area contributed by atoms with Crippen LogP contribution in [0.4, 0.5) is 0 Å². The lowest BCUT2D eigenvalue weighted by atomic mass is 9.86. The lowest BCUT2D eigenvalue weighted by molar-refractivity contribution is -0.162. The topological polar surface area (TPSA) is 61.8 Å². The van der Waals surface area contributed by atoms with E-state index in [-0.39, 0.29) is 6.61 Å². The second-order valence-electron chi connectivity index (χ2n) is 6.18. The van der Waals surface area contributed by atoms with Gasteiger partial charge in [0.1, 0.15) is 6.61 Å². The molecule has 3 rings (SSSR count). The molecule has 0 aromatic heterocycles. The summed E-state index contributed by atoms with van der Waals surface area (Å²) in [5, 5.41) is 13.4. The Morgan fingerprint density at radius 2 is 1.52 bits per heavy atom. The van der Waals surface area contributed by atoms with Gasteiger partial charge in [0, 0.05) is 19.6 Å². The maximum atomic E-state index is 12.7. The van der Waals surface area contributed by atoms with E-state index in [1.807, 2.05) is 12.1 Å². The van der Waals surface area contributed by atoms with Crippen molar-refractivity contribution in [3.05, 3.63) is 71.8 Å². The van der Waals surface area contributed by atoms with Crippen molar-refractivity contribution in [1.82, 2.24) is 10.4 Å². The number of hydrogen-bond acceptors (Lipinski definition) is 5. The number of nitrogens with one attached hydrogen (secondary N) is 1. The van der Waals surface area contributed by atoms with E-state index in [1.165, 1.54) is 12.8 Å². The number of carbonyl (C=O) groups is 1. The van der Waals surface area contributed by atoms with Gasteiger partial charge >= 0.3 is 5.97 Å². The summed E-state index contributed by atoms with van der Waals surface area (Å²) < 4.78 is 5.40. The van der Waals surface area contributed by atoms with Gasteiger partial charge in [0.2, 0.25) is 5.60 Å². The van der Waals surface area contributed by atoms with E-state index in [1.54, 1.807) is 48.5 Å². The standard InChI is InChI=1S/C20H24N2O3/c23-19(25-16-13-21-22-14-7-8-15-22)20(24,17-9-3-1-4-10-17)18-11-5-2-6-12-18/h1-6,9-12,21,24H,7-8,13-16H2. The molecule has 25 heavy (non-hydrogen) atoms. The first-order chi connectivity index (χ1) is 12.2. The Morgan fingerprint density at radius 3 is 2.04 bits per heavy atom. The van der Waals surface area contributed by atoms with E-state index < -0.39 is 11.6 Å². The minimum atomic E-state index is -1.81. The van der Waals surface area contributed by atoms with Crippen molar-refractivity contribution in [3.63, 3.8) is 0 Å². The number of hydrogen-bond donors (Lipinski definition) is 2. The van der Waals surface area contributed by atoms with E-state index in [2.05, 4.69) is 10.4 Å². The smallest absolute Gasteiger partial charge is 0.347 e. The molecular formula is C20H24N2O3. The van der Waals surface area contributed by atoms with Crippen LogP contribution in [-0.2, 0) is 15.1 Å². The number of nitrogens with zero attached hydrogens (tertiary/aromatic N) is 1. The third kappa shape index (κ3) is 4.07. The van der Waals surface area contributed by atoms with Crippen LogP contribution in [0.25, 0.3) is 0 Å². The zero-order valence-corrected chi connectivity index (χ0v) is 14.2. The molecular weight excluding hydrogens is 316 g/mol. The summed E-state index contributed by atoms with van der Waals surface area (Å²) in [6, 6.07) is 17.8. The highest BCUT2D eigenvalue weighted by Gasteiger charge is 2.41. The van der Waals surface area contributed by atoms with Gasteiger partial charge in [-0.3, -0.25) is 5.43 Å². The van der Waals surface area contributed by atoms with Gasteiger partial charge in [-0.25, -0.2) is 9.80 Å². The number of ether oxygens (including phenoxy) is 1. The fourth-order valence-electron chi connectivity index (χ4n) is 3.09. The first-order valence-corrected chi connectivity index (χ1v) is 8.70. The Morgan fingerprint density at radius 1 is 1.00 bits per heavy atom. The summed E-state index contributed by atoms with van der Waals surface area (Å²) in [5.74, 6) is -0.659. The molecule has 2 aromatic rings. The lowest BCUT2D eigenvalue weighted by Crippen LogP contribution is -2.41. The SMILES string of the molecule is O=C(OCCNN1CCCC1)C(O)(c1ccccc1)c1ccccc1. The highest BCUT2D eigenvalue weighted by atomic mass is 16.5. The largest absolute Gasteiger partial charge is 0.462 e. The molecule has 0 bridgehead atoms. The molecule has 0 saturated carbocycles. The van der Waals surface area contributed by atoms with Crippen LogP contribution in [0, 0.1) is 0 Å². The molecule has 0 amide bonds. The highest BCUT2D eigenvalue weighted by Crippen LogP contribution is 2.30. The maximum absolute atomic E-state index is 12.7. The van der Waals surface area contributed by atoms with Crippen LogP contribution in [-0.4, -0.2) is 42.3 Å². The molecule has 1 aliphatic rings. The molecule has 2 N–H and O–H groups in total. The van der Waals surface area contributed by atoms with Crippen molar-refractivity contribution >= 4 is 5.97 Å². The number of benzene rings is 2. The van der Waals surface area contributed by atoms with Gasteiger partial charge < -0.3 is 9.84 Å². The van der Waals surface area contributed by atoms with Gasteiger partial charge in [-0.1, -0.05) is 60.7 Å². The molecule has 0 unspecified atom stereocenters. The zero-order chi connectivity index (χ0) is 17.5. The van der Waals surface area contributed by atoms with Crippen LogP contribution >= 0.6 is 0 Å². The van der Waals surface area contributed by atoms with Gasteiger partial charge in [0.05, 0.1) is 0 Å². The van der Waals surface area contributed by atoms with Crippen LogP contribution < -0.4 is 5.43 Å². The summed E-state index contributed by atoms with van der Waals surface area (Å²) in [6.45, 7) is 2.78. The van der Waals surface area contributed by atoms with Crippen molar-refractivity contribution in [2.24, 2.45) is 0 Å². The molecule has 1 aliphatic heterocycles. The Kier molecular flexibility index (Phi) is 5.81. The summed E-state index contributed by atoms with van der Waals surface area (Å²) >= 11 is 0. The molecule has 0 spiro atoms. The van der Waals surface area contributed by atoms with E-state index in [0.29, 0.717) is 17.7 Å². The number of aliphatic hydroxyl groups is 1. The predicted octanol–water partition coefficient (Wildman–Crippen LogP) is 2.07. The normalized spacial score (nSPS) is 15.2. The average molecular weight is 340 g/mol. The van der Waals surface area contributed by atoms with Gasteiger partial charge in [-0.15, -0.1) is 0 Å². The van der Waals surface area contributed by atoms with Crippen molar-refractivity contribution in [3.8, 4) is 0 Å². The first-order valence-electron chi connectivity index (χ1n) is 8.70. The lowest BCUT2D eigenvalue weighted by Gasteiger charge is -2.27. The Balaban J connectivity index is 1.69. The molecule has 1 heterocycles. The number of carbonyl (C=O) groups excluding carboxylic acids is 1. The molecule has 0 atom stereocenters. The van der Waals surface area contributed by atoms with E-state index in [0.717, 1.165) is 13.1 Å². The summed E-state index contributed by atoms with van der Waals surface area (Å²) in [6.07, 6.45) is 2.38. The van der Waals surface area contributed by atoms with Gasteiger partial charge in [0.15, 0.2) is 0 Å². The molecule has 0 radical (unpaired) electrons. The van der Waals surface area contributed by atoms with Crippen LogP contribution in [0.2, 0.25) is 0 Å². The fraction of sp³-hybridized carbons (Fsp3) is 0.350. The predicted molar refractivity (Wildman–Crippen MR) is 95.7 cm³/mol. The minimum absolute atomic E-state index is 0.206. The minimum Gasteiger partial charge on any atom is -0.462 e. The second-order valence-corrected chi connectivity index (χ2v) is 6.18. The number of esters is 1. The quantitative estimate of drug-likeness (QED) is 0.597. The van der Waals surface area contributed by atoms with Crippen molar-refractivity contribution in [2.75, 3.05) is 26.2 Å². The van der Waals surface area contributed by atoms with E-state index >= 15 is 0 Å². The van der Waals surface area contributed by atoms with Crippen molar-refractivity contribution < 1.29 is 14.6 Å². The maximum Gasteiger partial charge on any atom is 0.347 e. The molecule has 2 aromatic carbocycles. The second kappa shape index (κ2) is 8.25. The Labute approximate surface area is 148 Å². The molecule has 5 heteroatoms. The third-order valence-corrected chi connectivity index (χ3v) is 4.46. The summed E-state index contributed by atoms with van der Waals surface area (Å²) in [4.78, 5) is 12.7. The number of hydrazine groups is 1. The molecule has 1 saturated heterocycles. The van der Waals surface area contributed by atoms with Crippen LogP contribution in [0.1, 0.15) is 24.0 Å². The van der Waals surface area contributed by atoms with Crippen LogP contribution in [0.5, 0.6) is 0 Å². The van der Waals surface area contributed by atoms with Gasteiger partial charge in [-0.05, 0) is 24.0 Å². The monoisotopic (exact) mass is 340 g/mol. The first kappa shape index (κ1) is 17.6. The van der Waals surface area contributed by atoms with Crippen molar-refractivity contribution in [1.29, 1.82) is 0 Å². The van der Waals surface area contributed by atoms with Crippen LogP contribution in [0.15, 0.2) is 60.7 Å². The summed E-state index contributed by atoms with van der Waals surface area (Å²) in [7, 11) is 0. The Bertz CT molecular complexity index is 630. The van der Waals surface area contributed by atoms with Gasteiger partial charge in [0.25, 0.3) is 0 Å². The van der Waals surface area contributed by atoms with Gasteiger partial charge in [-0.2, -0.15) is 0 Å². The van der Waals surface area contributed by atoms with E-state index in [9.17, 15) is 9.90 Å². The molecule has 132 valence electrons. The fourth-order valence-corrected chi connectivity index (χ4v) is 3.09. The average Bonchev–Trinajstić information content (AvgIpc) is 3.19. The zero-order valence-electron chi connectivity index (χ0n) is 14.2. The van der Waals surface area contributed by atoms with Crippen molar-refractivity contribution in [2.45, 2.75) is 18.4 Å². The molecule has 5 nitrogen and oxygen atoms in total. The van der Waals surface area contributed by atoms with E-state index in [4.69, 9.17) is 4.74 Å². The molecule has 1 fully saturated rings. The number of rotatable bonds is 7. The Hall–Kier alpha value is -2.21.